The Morgan fingerprint density at radius 3 is 2.65 bits per heavy atom. The summed E-state index contributed by atoms with van der Waals surface area (Å²) in [4.78, 5) is 14.4. The third-order valence-corrected chi connectivity index (χ3v) is 4.36. The van der Waals surface area contributed by atoms with Crippen molar-refractivity contribution in [2.45, 2.75) is 52.0 Å². The molecule has 1 saturated carbocycles. The van der Waals surface area contributed by atoms with Gasteiger partial charge in [-0.1, -0.05) is 26.7 Å². The van der Waals surface area contributed by atoms with Crippen molar-refractivity contribution in [1.29, 1.82) is 5.26 Å². The van der Waals surface area contributed by atoms with Gasteiger partial charge in [0.2, 0.25) is 5.91 Å². The lowest BCUT2D eigenvalue weighted by Gasteiger charge is -2.33. The molecule has 0 bridgehead atoms. The van der Waals surface area contributed by atoms with Gasteiger partial charge in [-0.3, -0.25) is 4.79 Å². The zero-order chi connectivity index (χ0) is 12.4. The summed E-state index contributed by atoms with van der Waals surface area (Å²) < 4.78 is 0. The van der Waals surface area contributed by atoms with E-state index in [-0.39, 0.29) is 11.8 Å². The smallest absolute Gasteiger partial charge is 0.240 e. The minimum Gasteiger partial charge on any atom is -0.338 e. The Kier molecular flexibility index (Phi) is 3.71. The molecule has 0 spiro atoms. The van der Waals surface area contributed by atoms with E-state index in [9.17, 15) is 4.79 Å². The molecule has 0 radical (unpaired) electrons. The molecule has 3 unspecified atom stereocenters. The normalized spacial score (nSPS) is 29.9. The molecule has 2 rings (SSSR count). The van der Waals surface area contributed by atoms with Gasteiger partial charge in [-0.05, 0) is 31.1 Å². The van der Waals surface area contributed by atoms with Crippen molar-refractivity contribution in [3.8, 4) is 6.07 Å². The molecular weight excluding hydrogens is 212 g/mol. The molecule has 17 heavy (non-hydrogen) atoms. The number of fused-ring (bicyclic) bond motifs is 1. The molecule has 94 valence electrons. The van der Waals surface area contributed by atoms with Crippen LogP contribution in [0.4, 0.5) is 0 Å². The first-order valence-corrected chi connectivity index (χ1v) is 6.85. The van der Waals surface area contributed by atoms with Gasteiger partial charge in [0.15, 0.2) is 0 Å². The monoisotopic (exact) mass is 234 g/mol. The van der Waals surface area contributed by atoms with Gasteiger partial charge < -0.3 is 4.90 Å². The fraction of sp³-hybridized carbons (Fsp3) is 0.857. The lowest BCUT2D eigenvalue weighted by atomic mass is 9.84. The molecule has 0 aromatic rings. The molecule has 1 aliphatic heterocycles. The third-order valence-electron chi connectivity index (χ3n) is 4.36. The van der Waals surface area contributed by atoms with E-state index in [1.54, 1.807) is 0 Å². The predicted octanol–water partition coefficient (Wildman–Crippen LogP) is 2.57. The summed E-state index contributed by atoms with van der Waals surface area (Å²) in [5.74, 6) is 0.460. The van der Waals surface area contributed by atoms with Crippen molar-refractivity contribution in [2.75, 3.05) is 6.54 Å². The average Bonchev–Trinajstić information content (AvgIpc) is 2.72. The maximum atomic E-state index is 12.4. The highest BCUT2D eigenvalue weighted by Crippen LogP contribution is 2.37. The van der Waals surface area contributed by atoms with E-state index >= 15 is 0 Å². The van der Waals surface area contributed by atoms with Crippen LogP contribution in [-0.2, 0) is 4.79 Å². The number of hydrogen-bond acceptors (Lipinski definition) is 2. The molecule has 0 N–H and O–H groups in total. The van der Waals surface area contributed by atoms with Crippen molar-refractivity contribution in [3.63, 3.8) is 0 Å². The topological polar surface area (TPSA) is 44.1 Å². The average molecular weight is 234 g/mol. The van der Waals surface area contributed by atoms with Crippen LogP contribution in [0.2, 0.25) is 0 Å². The first-order valence-electron chi connectivity index (χ1n) is 6.85. The van der Waals surface area contributed by atoms with E-state index in [2.05, 4.69) is 6.07 Å². The highest BCUT2D eigenvalue weighted by atomic mass is 16.2. The van der Waals surface area contributed by atoms with Gasteiger partial charge in [-0.25, -0.2) is 0 Å². The van der Waals surface area contributed by atoms with Gasteiger partial charge in [0.1, 0.15) is 5.92 Å². The number of amides is 1. The fourth-order valence-corrected chi connectivity index (χ4v) is 3.35. The van der Waals surface area contributed by atoms with Crippen LogP contribution in [0.3, 0.4) is 0 Å². The minimum atomic E-state index is -0.448. The standard InChI is InChI=1S/C14H22N2O/c1-10(2)12(9-15)14(17)16-8-7-11-5-3-4-6-13(11)16/h10-13H,3-8H2,1-2H3. The summed E-state index contributed by atoms with van der Waals surface area (Å²) in [5.41, 5.74) is 0. The predicted molar refractivity (Wildman–Crippen MR) is 66.0 cm³/mol. The molecule has 3 atom stereocenters. The third kappa shape index (κ3) is 2.31. The van der Waals surface area contributed by atoms with Crippen molar-refractivity contribution >= 4 is 5.91 Å². The van der Waals surface area contributed by atoms with Crippen LogP contribution in [0.5, 0.6) is 0 Å². The van der Waals surface area contributed by atoms with Gasteiger partial charge in [-0.15, -0.1) is 0 Å². The van der Waals surface area contributed by atoms with Crippen LogP contribution in [0.1, 0.15) is 46.0 Å². The van der Waals surface area contributed by atoms with E-state index < -0.39 is 5.92 Å². The zero-order valence-corrected chi connectivity index (χ0v) is 10.9. The molecule has 3 nitrogen and oxygen atoms in total. The Hall–Kier alpha value is -1.04. The van der Waals surface area contributed by atoms with Gasteiger partial charge in [0.05, 0.1) is 6.07 Å². The SMILES string of the molecule is CC(C)C(C#N)C(=O)N1CCC2CCCCC21. The Morgan fingerprint density at radius 2 is 2.00 bits per heavy atom. The maximum absolute atomic E-state index is 12.4. The van der Waals surface area contributed by atoms with Crippen LogP contribution in [0, 0.1) is 29.1 Å². The van der Waals surface area contributed by atoms with E-state index in [0.717, 1.165) is 19.4 Å². The van der Waals surface area contributed by atoms with Crippen LogP contribution < -0.4 is 0 Å². The molecule has 3 heteroatoms. The lowest BCUT2D eigenvalue weighted by Crippen LogP contribution is -2.43. The summed E-state index contributed by atoms with van der Waals surface area (Å²) >= 11 is 0. The Bertz CT molecular complexity index is 332. The summed E-state index contributed by atoms with van der Waals surface area (Å²) in [5, 5.41) is 9.13. The Morgan fingerprint density at radius 1 is 1.29 bits per heavy atom. The largest absolute Gasteiger partial charge is 0.338 e. The van der Waals surface area contributed by atoms with Crippen LogP contribution >= 0.6 is 0 Å². The molecule has 2 aliphatic rings. The second-order valence-corrected chi connectivity index (χ2v) is 5.78. The summed E-state index contributed by atoms with van der Waals surface area (Å²) in [6, 6.07) is 2.62. The molecule has 1 heterocycles. The first-order chi connectivity index (χ1) is 8.15. The number of nitriles is 1. The molecular formula is C14H22N2O. The Labute approximate surface area is 104 Å². The summed E-state index contributed by atoms with van der Waals surface area (Å²) in [6.07, 6.45) is 6.12. The molecule has 0 aromatic heterocycles. The fourth-order valence-electron chi connectivity index (χ4n) is 3.35. The van der Waals surface area contributed by atoms with Gasteiger partial charge in [0.25, 0.3) is 0 Å². The van der Waals surface area contributed by atoms with E-state index in [1.807, 2.05) is 18.7 Å². The van der Waals surface area contributed by atoms with Gasteiger partial charge in [0, 0.05) is 12.6 Å². The summed E-state index contributed by atoms with van der Waals surface area (Å²) in [7, 11) is 0. The highest BCUT2D eigenvalue weighted by molar-refractivity contribution is 5.82. The van der Waals surface area contributed by atoms with Gasteiger partial charge in [-0.2, -0.15) is 5.26 Å². The molecule has 1 saturated heterocycles. The Balaban J connectivity index is 2.07. The number of carbonyl (C=O) groups excluding carboxylic acids is 1. The van der Waals surface area contributed by atoms with Crippen molar-refractivity contribution in [3.05, 3.63) is 0 Å². The maximum Gasteiger partial charge on any atom is 0.240 e. The highest BCUT2D eigenvalue weighted by Gasteiger charge is 2.40. The number of rotatable bonds is 2. The van der Waals surface area contributed by atoms with Crippen LogP contribution in [0.15, 0.2) is 0 Å². The second-order valence-electron chi connectivity index (χ2n) is 5.78. The zero-order valence-electron chi connectivity index (χ0n) is 10.9. The van der Waals surface area contributed by atoms with Crippen molar-refractivity contribution in [1.82, 2.24) is 4.90 Å². The van der Waals surface area contributed by atoms with E-state index in [1.165, 1.54) is 19.3 Å². The van der Waals surface area contributed by atoms with Crippen LogP contribution in [-0.4, -0.2) is 23.4 Å². The first kappa shape index (κ1) is 12.4. The quantitative estimate of drug-likeness (QED) is 0.737. The van der Waals surface area contributed by atoms with Gasteiger partial charge >= 0.3 is 0 Å². The summed E-state index contributed by atoms with van der Waals surface area (Å²) in [6.45, 7) is 4.79. The molecule has 2 fully saturated rings. The number of likely N-dealkylation sites (tertiary alicyclic amines) is 1. The van der Waals surface area contributed by atoms with Crippen molar-refractivity contribution in [2.24, 2.45) is 17.8 Å². The molecule has 0 aromatic carbocycles. The molecule has 1 amide bonds. The van der Waals surface area contributed by atoms with Crippen molar-refractivity contribution < 1.29 is 4.79 Å². The van der Waals surface area contributed by atoms with Crippen LogP contribution in [0.25, 0.3) is 0 Å². The minimum absolute atomic E-state index is 0.0805. The number of carbonyl (C=O) groups is 1. The van der Waals surface area contributed by atoms with E-state index in [0.29, 0.717) is 12.0 Å². The molecule has 1 aliphatic carbocycles. The lowest BCUT2D eigenvalue weighted by molar-refractivity contribution is -0.136. The van der Waals surface area contributed by atoms with E-state index in [4.69, 9.17) is 5.26 Å². The number of hydrogen-bond donors (Lipinski definition) is 0. The number of nitrogens with zero attached hydrogens (tertiary/aromatic N) is 2. The second kappa shape index (κ2) is 5.08.